The largest absolute Gasteiger partial charge is 0.374 e. The van der Waals surface area contributed by atoms with Crippen LogP contribution in [0, 0.1) is 0 Å². The Morgan fingerprint density at radius 1 is 0.875 bits per heavy atom. The molecule has 0 spiro atoms. The molecule has 24 heavy (non-hydrogen) atoms. The molecule has 0 unspecified atom stereocenters. The zero-order valence-corrected chi connectivity index (χ0v) is 18.3. The molecular weight excluding hydrogens is 308 g/mol. The van der Waals surface area contributed by atoms with E-state index in [0.717, 1.165) is 19.5 Å². The van der Waals surface area contributed by atoms with Crippen molar-refractivity contribution in [1.82, 2.24) is 5.32 Å². The van der Waals surface area contributed by atoms with E-state index >= 15 is 0 Å². The van der Waals surface area contributed by atoms with Gasteiger partial charge in [0.15, 0.2) is 0 Å². The first-order valence-electron chi connectivity index (χ1n) is 10.7. The van der Waals surface area contributed by atoms with Gasteiger partial charge in [0.25, 0.3) is 0 Å². The van der Waals surface area contributed by atoms with Crippen molar-refractivity contribution in [1.29, 1.82) is 0 Å². The Bertz CT molecular complexity index is 300. The Morgan fingerprint density at radius 3 is 2.21 bits per heavy atom. The number of amidine groups is 1. The lowest BCUT2D eigenvalue weighted by molar-refractivity contribution is 0.618. The number of rotatable bonds is 17. The molecule has 1 N–H and O–H groups in total. The van der Waals surface area contributed by atoms with E-state index in [1.54, 1.807) is 0 Å². The normalized spacial score (nSPS) is 12.7. The summed E-state index contributed by atoms with van der Waals surface area (Å²) in [5.41, 5.74) is 2.41. The van der Waals surface area contributed by atoms with Gasteiger partial charge < -0.3 is 5.32 Å². The lowest BCUT2D eigenvalue weighted by Crippen LogP contribution is -2.25. The van der Waals surface area contributed by atoms with Gasteiger partial charge in [0.2, 0.25) is 0 Å². The second kappa shape index (κ2) is 20.5. The number of nitrogens with zero attached hydrogens (tertiary/aromatic N) is 1. The number of aliphatic imine (C=N–C) groups is 1. The molecule has 3 heteroatoms. The Hall–Kier alpha value is -0.573. The predicted molar refractivity (Wildman–Crippen MR) is 115 cm³/mol. The molecule has 0 aromatic carbocycles. The average Bonchev–Trinajstić information content (AvgIpc) is 2.60. The average molecular weight is 353 g/mol. The lowest BCUT2D eigenvalue weighted by Gasteiger charge is -2.10. The van der Waals surface area contributed by atoms with Crippen molar-refractivity contribution in [3.63, 3.8) is 0 Å². The maximum atomic E-state index is 4.88. The van der Waals surface area contributed by atoms with E-state index in [1.165, 1.54) is 82.5 Å². The molecule has 0 atom stereocenters. The van der Waals surface area contributed by atoms with Gasteiger partial charge in [-0.05, 0) is 26.2 Å². The molecule has 0 saturated carbocycles. The van der Waals surface area contributed by atoms with E-state index in [9.17, 15) is 0 Å². The molecule has 0 aliphatic rings. The van der Waals surface area contributed by atoms with Gasteiger partial charge in [-0.25, -0.2) is 0 Å². The monoisotopic (exact) mass is 352 g/mol. The lowest BCUT2D eigenvalue weighted by atomic mass is 10.1. The highest BCUT2D eigenvalue weighted by atomic mass is 28.2. The summed E-state index contributed by atoms with van der Waals surface area (Å²) < 4.78 is 0. The van der Waals surface area contributed by atoms with E-state index in [2.05, 4.69) is 37.9 Å². The minimum atomic E-state index is 0.0385. The molecule has 0 saturated heterocycles. The Balaban J connectivity index is 3.93. The van der Waals surface area contributed by atoms with E-state index in [0.29, 0.717) is 0 Å². The molecule has 0 aromatic heterocycles. The maximum absolute atomic E-state index is 4.88. The van der Waals surface area contributed by atoms with Gasteiger partial charge in [0.05, 0.1) is 5.84 Å². The topological polar surface area (TPSA) is 24.4 Å². The first kappa shape index (κ1) is 23.4. The van der Waals surface area contributed by atoms with Gasteiger partial charge in [-0.1, -0.05) is 77.3 Å². The van der Waals surface area contributed by atoms with Crippen molar-refractivity contribution in [2.75, 3.05) is 13.1 Å². The van der Waals surface area contributed by atoms with Gasteiger partial charge in [0, 0.05) is 29.0 Å². The third-order valence-corrected chi connectivity index (χ3v) is 6.16. The van der Waals surface area contributed by atoms with Crippen LogP contribution in [0.4, 0.5) is 0 Å². The molecule has 142 valence electrons. The summed E-state index contributed by atoms with van der Waals surface area (Å²) in [6.07, 6.45) is 18.1. The number of hydrogen-bond donors (Lipinski definition) is 1. The zero-order chi connectivity index (χ0) is 17.7. The molecule has 0 rings (SSSR count). The summed E-state index contributed by atoms with van der Waals surface area (Å²) in [5, 5.41) is 3.64. The summed E-state index contributed by atoms with van der Waals surface area (Å²) in [4.78, 5) is 4.88. The molecule has 0 bridgehead atoms. The standard InChI is InChI=1S/C21H44N2Si/c1-4-7-9-11-13-17-22-21(16-15-20-24-19-6-3)23-18-14-12-10-8-5-2/h6,19H,4-5,7-18,20,24H2,1-3H3,(H,22,23). The number of hydrogen-bond acceptors (Lipinski definition) is 1. The quantitative estimate of drug-likeness (QED) is 0.152. The fourth-order valence-corrected chi connectivity index (χ4v) is 3.94. The van der Waals surface area contributed by atoms with Gasteiger partial charge in [-0.15, -0.1) is 5.70 Å². The van der Waals surface area contributed by atoms with Crippen molar-refractivity contribution in [3.05, 3.63) is 11.8 Å². The number of allylic oxidation sites excluding steroid dienone is 1. The molecule has 0 fully saturated rings. The van der Waals surface area contributed by atoms with Crippen LogP contribution in [0.2, 0.25) is 6.04 Å². The Morgan fingerprint density at radius 2 is 1.54 bits per heavy atom. The Kier molecular flexibility index (Phi) is 20.0. The van der Waals surface area contributed by atoms with Crippen molar-refractivity contribution >= 4 is 15.4 Å². The van der Waals surface area contributed by atoms with Gasteiger partial charge >= 0.3 is 0 Å². The van der Waals surface area contributed by atoms with Crippen LogP contribution in [-0.2, 0) is 0 Å². The summed E-state index contributed by atoms with van der Waals surface area (Å²) in [7, 11) is 0.0385. The first-order chi connectivity index (χ1) is 11.8. The van der Waals surface area contributed by atoms with Crippen molar-refractivity contribution in [3.8, 4) is 0 Å². The highest BCUT2D eigenvalue weighted by Crippen LogP contribution is 2.05. The molecular formula is C21H44N2Si. The van der Waals surface area contributed by atoms with Gasteiger partial charge in [0.1, 0.15) is 0 Å². The molecule has 2 nitrogen and oxygen atoms in total. The van der Waals surface area contributed by atoms with Crippen LogP contribution < -0.4 is 5.32 Å². The van der Waals surface area contributed by atoms with E-state index < -0.39 is 0 Å². The van der Waals surface area contributed by atoms with Crippen LogP contribution in [0.5, 0.6) is 0 Å². The second-order valence-electron chi connectivity index (χ2n) is 6.90. The fourth-order valence-electron chi connectivity index (χ4n) is 2.84. The minimum absolute atomic E-state index is 0.0385. The number of unbranched alkanes of at least 4 members (excludes halogenated alkanes) is 8. The van der Waals surface area contributed by atoms with Gasteiger partial charge in [-0.3, -0.25) is 4.99 Å². The SMILES string of the molecule is CC=C[SiH2]CCCC(=NCCCCCCC)NCCCCCCC. The van der Waals surface area contributed by atoms with Crippen LogP contribution in [0.25, 0.3) is 0 Å². The fraction of sp³-hybridized carbons (Fsp3) is 0.857. The maximum Gasteiger partial charge on any atom is 0.0962 e. The molecule has 0 aromatic rings. The molecule has 0 amide bonds. The van der Waals surface area contributed by atoms with Gasteiger partial charge in [-0.2, -0.15) is 0 Å². The van der Waals surface area contributed by atoms with Crippen LogP contribution in [-0.4, -0.2) is 28.4 Å². The molecule has 0 aliphatic carbocycles. The number of nitrogens with one attached hydrogen (secondary N) is 1. The highest BCUT2D eigenvalue weighted by molar-refractivity contribution is 6.41. The van der Waals surface area contributed by atoms with E-state index in [4.69, 9.17) is 4.99 Å². The van der Waals surface area contributed by atoms with Crippen molar-refractivity contribution < 1.29 is 0 Å². The third kappa shape index (κ3) is 17.8. The van der Waals surface area contributed by atoms with Crippen molar-refractivity contribution in [2.24, 2.45) is 4.99 Å². The first-order valence-corrected chi connectivity index (χ1v) is 12.5. The summed E-state index contributed by atoms with van der Waals surface area (Å²) in [6, 6.07) is 1.41. The highest BCUT2D eigenvalue weighted by Gasteiger charge is 1.99. The third-order valence-electron chi connectivity index (χ3n) is 4.44. The van der Waals surface area contributed by atoms with Crippen LogP contribution >= 0.6 is 0 Å². The van der Waals surface area contributed by atoms with E-state index in [-0.39, 0.29) is 9.52 Å². The van der Waals surface area contributed by atoms with Crippen molar-refractivity contribution in [2.45, 2.75) is 104 Å². The van der Waals surface area contributed by atoms with E-state index in [1.807, 2.05) is 0 Å². The van der Waals surface area contributed by atoms with Crippen LogP contribution in [0.1, 0.15) is 97.8 Å². The summed E-state index contributed by atoms with van der Waals surface area (Å²) in [5.74, 6) is 1.29. The smallest absolute Gasteiger partial charge is 0.0962 e. The van der Waals surface area contributed by atoms with Crippen LogP contribution in [0.3, 0.4) is 0 Å². The zero-order valence-electron chi connectivity index (χ0n) is 16.9. The van der Waals surface area contributed by atoms with Crippen LogP contribution in [0.15, 0.2) is 16.8 Å². The predicted octanol–water partition coefficient (Wildman–Crippen LogP) is 5.82. The summed E-state index contributed by atoms with van der Waals surface area (Å²) in [6.45, 7) is 8.83. The molecule has 0 aliphatic heterocycles. The summed E-state index contributed by atoms with van der Waals surface area (Å²) >= 11 is 0. The molecule has 0 radical (unpaired) electrons. The molecule has 0 heterocycles. The minimum Gasteiger partial charge on any atom is -0.374 e. The Labute approximate surface area is 154 Å². The second-order valence-corrected chi connectivity index (χ2v) is 8.65.